The van der Waals surface area contributed by atoms with E-state index in [1.807, 2.05) is 66.2 Å². The molecule has 0 atom stereocenters. The highest BCUT2D eigenvalue weighted by Crippen LogP contribution is 2.49. The second-order valence-corrected chi connectivity index (χ2v) is 6.38. The smallest absolute Gasteiger partial charge is 0.158 e. The average molecular weight is 226 g/mol. The van der Waals surface area contributed by atoms with Gasteiger partial charge in [0.2, 0.25) is 0 Å². The van der Waals surface area contributed by atoms with Gasteiger partial charge in [-0.1, -0.05) is 54.6 Å². The molecule has 16 heavy (non-hydrogen) atoms. The first-order valence-electron chi connectivity index (χ1n) is 5.24. The van der Waals surface area contributed by atoms with Crippen molar-refractivity contribution in [1.29, 1.82) is 0 Å². The van der Waals surface area contributed by atoms with E-state index in [9.17, 15) is 4.57 Å². The van der Waals surface area contributed by atoms with Crippen LogP contribution in [0, 0.1) is 0 Å². The second kappa shape index (κ2) is 3.47. The lowest BCUT2D eigenvalue weighted by Gasteiger charge is -2.05. The van der Waals surface area contributed by atoms with E-state index in [2.05, 4.69) is 0 Å². The molecular formula is C14H11OP. The lowest BCUT2D eigenvalue weighted by atomic mass is 10.3. The average Bonchev–Trinajstić information content (AvgIpc) is 2.68. The lowest BCUT2D eigenvalue weighted by molar-refractivity contribution is 0.594. The van der Waals surface area contributed by atoms with Gasteiger partial charge in [0.1, 0.15) is 0 Å². The van der Waals surface area contributed by atoms with Gasteiger partial charge in [-0.3, -0.25) is 0 Å². The first-order valence-corrected chi connectivity index (χ1v) is 7.08. The molecule has 0 bridgehead atoms. The Hall–Kier alpha value is -1.59. The predicted octanol–water partition coefficient (Wildman–Crippen LogP) is 1.86. The van der Waals surface area contributed by atoms with Gasteiger partial charge in [0.25, 0.3) is 0 Å². The Balaban J connectivity index is 2.26. The van der Waals surface area contributed by atoms with Crippen LogP contribution in [-0.2, 0) is 4.57 Å². The van der Waals surface area contributed by atoms with Gasteiger partial charge in [-0.05, 0) is 22.1 Å². The van der Waals surface area contributed by atoms with Crippen LogP contribution in [0.5, 0.6) is 0 Å². The monoisotopic (exact) mass is 226 g/mol. The fourth-order valence-corrected chi connectivity index (χ4v) is 4.31. The summed E-state index contributed by atoms with van der Waals surface area (Å²) in [6.45, 7) is 0. The van der Waals surface area contributed by atoms with Gasteiger partial charge in [0.05, 0.1) is 0 Å². The summed E-state index contributed by atoms with van der Waals surface area (Å²) < 4.78 is 12.8. The van der Waals surface area contributed by atoms with E-state index >= 15 is 0 Å². The maximum Gasteiger partial charge on any atom is 0.158 e. The molecule has 3 rings (SSSR count). The first kappa shape index (κ1) is 9.62. The number of hydrogen-bond acceptors (Lipinski definition) is 1. The summed E-state index contributed by atoms with van der Waals surface area (Å²) >= 11 is 0. The van der Waals surface area contributed by atoms with Crippen LogP contribution in [0.3, 0.4) is 0 Å². The second-order valence-electron chi connectivity index (χ2n) is 3.93. The third-order valence-corrected chi connectivity index (χ3v) is 5.25. The van der Waals surface area contributed by atoms with Crippen molar-refractivity contribution in [2.45, 2.75) is 0 Å². The maximum atomic E-state index is 12.8. The van der Waals surface area contributed by atoms with Gasteiger partial charge in [0, 0.05) is 5.30 Å². The molecule has 0 spiro atoms. The molecule has 0 radical (unpaired) electrons. The van der Waals surface area contributed by atoms with Crippen LogP contribution in [0.2, 0.25) is 0 Å². The zero-order chi connectivity index (χ0) is 11.0. The molecule has 0 aromatic heterocycles. The van der Waals surface area contributed by atoms with Crippen molar-refractivity contribution in [2.24, 2.45) is 0 Å². The Morgan fingerprint density at radius 1 is 0.688 bits per heavy atom. The van der Waals surface area contributed by atoms with Crippen LogP contribution in [0.25, 0.3) is 11.6 Å². The van der Waals surface area contributed by atoms with E-state index in [0.29, 0.717) is 0 Å². The van der Waals surface area contributed by atoms with Gasteiger partial charge < -0.3 is 4.57 Å². The zero-order valence-corrected chi connectivity index (χ0v) is 9.60. The summed E-state index contributed by atoms with van der Waals surface area (Å²) in [5.74, 6) is 3.80. The Bertz CT molecular complexity index is 647. The lowest BCUT2D eigenvalue weighted by Crippen LogP contribution is -2.19. The fraction of sp³-hybridized carbons (Fsp3) is 0. The van der Waals surface area contributed by atoms with E-state index in [1.54, 1.807) is 0 Å². The van der Waals surface area contributed by atoms with Crippen molar-refractivity contribution in [1.82, 2.24) is 0 Å². The molecule has 2 aromatic carbocycles. The minimum atomic E-state index is -2.45. The number of benzene rings is 2. The molecular weight excluding hydrogens is 215 g/mol. The molecule has 2 heteroatoms. The summed E-state index contributed by atoms with van der Waals surface area (Å²) in [6, 6.07) is 17.6. The molecule has 1 aliphatic rings. The molecule has 0 aliphatic carbocycles. The Morgan fingerprint density at radius 3 is 1.75 bits per heavy atom. The molecule has 0 amide bonds. The largest absolute Gasteiger partial charge is 0.310 e. The minimum Gasteiger partial charge on any atom is -0.310 e. The van der Waals surface area contributed by atoms with Crippen LogP contribution >= 0.6 is 7.14 Å². The van der Waals surface area contributed by atoms with Crippen LogP contribution < -0.4 is 15.7 Å². The van der Waals surface area contributed by atoms with E-state index in [-0.39, 0.29) is 0 Å². The highest BCUT2D eigenvalue weighted by molar-refractivity contribution is 7.86. The van der Waals surface area contributed by atoms with Gasteiger partial charge >= 0.3 is 0 Å². The standard InChI is InChI=1S/C14H11OP/c15-16(14-8-2-1-3-9-14)10-12-6-4-5-7-13(12)11-16/h1-11H. The summed E-state index contributed by atoms with van der Waals surface area (Å²) in [4.78, 5) is 0. The normalized spacial score (nSPS) is 16.0. The highest BCUT2D eigenvalue weighted by atomic mass is 31.2. The molecule has 0 N–H and O–H groups in total. The van der Waals surface area contributed by atoms with Gasteiger partial charge in [0.15, 0.2) is 7.14 Å². The van der Waals surface area contributed by atoms with Gasteiger partial charge in [-0.25, -0.2) is 0 Å². The molecule has 0 unspecified atom stereocenters. The third-order valence-electron chi connectivity index (χ3n) is 2.82. The minimum absolute atomic E-state index is 0.909. The summed E-state index contributed by atoms with van der Waals surface area (Å²) in [6.07, 6.45) is 0. The van der Waals surface area contributed by atoms with Crippen LogP contribution in [0.15, 0.2) is 54.6 Å². The van der Waals surface area contributed by atoms with Gasteiger partial charge in [-0.2, -0.15) is 0 Å². The molecule has 1 aliphatic heterocycles. The van der Waals surface area contributed by atoms with E-state index in [4.69, 9.17) is 0 Å². The van der Waals surface area contributed by atoms with E-state index in [0.717, 1.165) is 15.7 Å². The predicted molar refractivity (Wildman–Crippen MR) is 68.3 cm³/mol. The molecule has 78 valence electrons. The quantitative estimate of drug-likeness (QED) is 0.678. The molecule has 2 aromatic rings. The SMILES string of the molecule is O=P1(c2ccccc2)C=c2ccccc2=C1. The van der Waals surface area contributed by atoms with Crippen LogP contribution in [-0.4, -0.2) is 0 Å². The zero-order valence-electron chi connectivity index (χ0n) is 8.71. The van der Waals surface area contributed by atoms with Crippen molar-refractivity contribution in [3.8, 4) is 0 Å². The topological polar surface area (TPSA) is 17.1 Å². The number of rotatable bonds is 1. The molecule has 0 fully saturated rings. The number of hydrogen-bond donors (Lipinski definition) is 0. The Labute approximate surface area is 94.1 Å². The van der Waals surface area contributed by atoms with Crippen molar-refractivity contribution in [3.05, 3.63) is 65.0 Å². The van der Waals surface area contributed by atoms with Crippen LogP contribution in [0.4, 0.5) is 0 Å². The summed E-state index contributed by atoms with van der Waals surface area (Å²) in [5, 5.41) is 3.07. The van der Waals surface area contributed by atoms with Crippen molar-refractivity contribution in [3.63, 3.8) is 0 Å². The summed E-state index contributed by atoms with van der Waals surface area (Å²) in [7, 11) is -2.45. The van der Waals surface area contributed by atoms with Crippen molar-refractivity contribution >= 4 is 24.1 Å². The maximum absolute atomic E-state index is 12.8. The van der Waals surface area contributed by atoms with Crippen molar-refractivity contribution in [2.75, 3.05) is 0 Å². The number of fused-ring (bicyclic) bond motifs is 1. The Morgan fingerprint density at radius 2 is 1.19 bits per heavy atom. The molecule has 0 saturated heterocycles. The first-order chi connectivity index (χ1) is 7.78. The third kappa shape index (κ3) is 1.45. The fourth-order valence-electron chi connectivity index (χ4n) is 2.01. The molecule has 1 nitrogen and oxygen atoms in total. The van der Waals surface area contributed by atoms with Crippen LogP contribution in [0.1, 0.15) is 0 Å². The summed E-state index contributed by atoms with van der Waals surface area (Å²) in [5.41, 5.74) is 0. The van der Waals surface area contributed by atoms with Gasteiger partial charge in [-0.15, -0.1) is 0 Å². The van der Waals surface area contributed by atoms with E-state index < -0.39 is 7.14 Å². The van der Waals surface area contributed by atoms with Crippen molar-refractivity contribution < 1.29 is 4.57 Å². The molecule has 1 heterocycles. The highest BCUT2D eigenvalue weighted by Gasteiger charge is 2.21. The van der Waals surface area contributed by atoms with E-state index in [1.165, 1.54) is 0 Å². The molecule has 0 saturated carbocycles. The Kier molecular flexibility index (Phi) is 2.08.